The van der Waals surface area contributed by atoms with Gasteiger partial charge >= 0.3 is 5.97 Å². The minimum atomic E-state index is -3.32. The van der Waals surface area contributed by atoms with Crippen LogP contribution in [0.3, 0.4) is 0 Å². The van der Waals surface area contributed by atoms with Crippen LogP contribution in [0.2, 0.25) is 5.04 Å². The highest BCUT2D eigenvalue weighted by Crippen LogP contribution is 2.42. The Morgan fingerprint density at radius 1 is 0.951 bits per heavy atom. The van der Waals surface area contributed by atoms with E-state index in [1.165, 1.54) is 0 Å². The lowest BCUT2D eigenvalue weighted by atomic mass is 9.93. The summed E-state index contributed by atoms with van der Waals surface area (Å²) in [6.45, 7) is 6.36. The van der Waals surface area contributed by atoms with Gasteiger partial charge < -0.3 is 14.1 Å². The third kappa shape index (κ3) is 5.62. The number of thioether (sulfide) groups is 1. The second-order valence-corrected chi connectivity index (χ2v) is 15.9. The molecule has 0 bridgehead atoms. The molecule has 5 rings (SSSR count). The number of benzene rings is 4. The molecule has 1 N–H and O–H groups in total. The third-order valence-electron chi connectivity index (χ3n) is 7.80. The van der Waals surface area contributed by atoms with Gasteiger partial charge in [0, 0.05) is 23.3 Å². The summed E-state index contributed by atoms with van der Waals surface area (Å²) in [5, 5.41) is 1.29. The quantitative estimate of drug-likeness (QED) is 0.123. The fourth-order valence-electron chi connectivity index (χ4n) is 5.71. The third-order valence-corrected chi connectivity index (χ3v) is 13.3. The number of imidazole rings is 1. The van der Waals surface area contributed by atoms with Gasteiger partial charge in [-0.1, -0.05) is 92.7 Å². The molecule has 0 aliphatic heterocycles. The molecule has 4 aromatic carbocycles. The number of carbonyl (C=O) groups is 1. The number of aromatic nitrogens is 2. The van der Waals surface area contributed by atoms with E-state index in [4.69, 9.17) is 9.72 Å². The molecule has 0 aliphatic rings. The molecule has 0 amide bonds. The van der Waals surface area contributed by atoms with Crippen LogP contribution in [0.25, 0.3) is 11.0 Å². The first kappa shape index (κ1) is 28.9. The number of rotatable bonds is 10. The molecule has 5 nitrogen and oxygen atoms in total. The van der Waals surface area contributed by atoms with Crippen LogP contribution >= 0.6 is 11.8 Å². The van der Waals surface area contributed by atoms with Crippen molar-refractivity contribution in [2.75, 3.05) is 6.61 Å². The van der Waals surface area contributed by atoms with Gasteiger partial charge in [0.05, 0.1) is 29.5 Å². The predicted molar refractivity (Wildman–Crippen MR) is 171 cm³/mol. The number of nitrogens with zero attached hydrogens (tertiary/aromatic N) is 2. The molecule has 0 fully saturated rings. The van der Waals surface area contributed by atoms with E-state index in [0.717, 1.165) is 37.4 Å². The summed E-state index contributed by atoms with van der Waals surface area (Å²) < 4.78 is 7.65. The smallest absolute Gasteiger partial charge is 0.338 e. The molecule has 1 aromatic heterocycles. The molecule has 0 unspecified atom stereocenters. The van der Waals surface area contributed by atoms with E-state index in [-0.39, 0.29) is 12.6 Å². The Morgan fingerprint density at radius 2 is 1.51 bits per heavy atom. The number of carbonyl (C=O) groups excluding carboxylic acids is 1. The van der Waals surface area contributed by atoms with Crippen molar-refractivity contribution in [1.82, 2.24) is 9.55 Å². The Kier molecular flexibility index (Phi) is 8.49. The van der Waals surface area contributed by atoms with Crippen molar-refractivity contribution in [1.29, 1.82) is 0 Å². The van der Waals surface area contributed by atoms with Crippen LogP contribution in [-0.4, -0.2) is 35.2 Å². The normalized spacial score (nSPS) is 12.0. The molecule has 0 aliphatic carbocycles. The van der Waals surface area contributed by atoms with Crippen LogP contribution < -0.4 is 10.4 Å². The van der Waals surface area contributed by atoms with Gasteiger partial charge in [-0.15, -0.1) is 11.8 Å². The first-order valence-corrected chi connectivity index (χ1v) is 16.8. The second kappa shape index (κ2) is 12.1. The van der Waals surface area contributed by atoms with Crippen molar-refractivity contribution in [3.63, 3.8) is 0 Å². The molecule has 0 atom stereocenters. The lowest BCUT2D eigenvalue weighted by molar-refractivity contribution is 0.0524. The highest BCUT2D eigenvalue weighted by Gasteiger charge is 2.50. The van der Waals surface area contributed by atoms with Crippen molar-refractivity contribution in [2.24, 2.45) is 7.05 Å². The lowest BCUT2D eigenvalue weighted by Gasteiger charge is -2.41. The van der Waals surface area contributed by atoms with Crippen LogP contribution in [0.1, 0.15) is 42.3 Å². The van der Waals surface area contributed by atoms with Gasteiger partial charge in [0.15, 0.2) is 0 Å². The van der Waals surface area contributed by atoms with Crippen molar-refractivity contribution in [3.05, 3.63) is 120 Å². The predicted octanol–water partition coefficient (Wildman–Crippen LogP) is 6.12. The standard InChI is InChI=1S/C34H36N2O3SSi/c1-5-39-33(37)31-25(21-30-32(35-24-36(30)4)29(31)23-40-26-15-9-6-10-16-26)22-34(2,3)41(38,27-17-11-7-12-18-27)28-19-13-8-14-20-28/h6-21,24,38H,5,22-23H2,1-4H3. The van der Waals surface area contributed by atoms with Crippen LogP contribution in [0.4, 0.5) is 0 Å². The number of esters is 1. The van der Waals surface area contributed by atoms with Crippen molar-refractivity contribution >= 4 is 47.5 Å². The Bertz CT molecular complexity index is 1600. The highest BCUT2D eigenvalue weighted by molar-refractivity contribution is 7.98. The van der Waals surface area contributed by atoms with E-state index in [2.05, 4.69) is 32.0 Å². The van der Waals surface area contributed by atoms with Gasteiger partial charge in [0.2, 0.25) is 0 Å². The van der Waals surface area contributed by atoms with Crippen LogP contribution in [0, 0.1) is 0 Å². The van der Waals surface area contributed by atoms with E-state index < -0.39 is 13.4 Å². The van der Waals surface area contributed by atoms with Crippen molar-refractivity contribution in [2.45, 2.75) is 42.9 Å². The second-order valence-electron chi connectivity index (χ2n) is 10.9. The minimum absolute atomic E-state index is 0.278. The Morgan fingerprint density at radius 3 is 2.07 bits per heavy atom. The summed E-state index contributed by atoms with van der Waals surface area (Å²) in [7, 11) is -1.35. The first-order valence-electron chi connectivity index (χ1n) is 13.9. The van der Waals surface area contributed by atoms with E-state index in [1.54, 1.807) is 18.1 Å². The summed E-state index contributed by atoms with van der Waals surface area (Å²) in [6, 6.07) is 32.2. The van der Waals surface area contributed by atoms with Crippen LogP contribution in [0.15, 0.2) is 108 Å². The van der Waals surface area contributed by atoms with Crippen molar-refractivity contribution < 1.29 is 14.3 Å². The zero-order chi connectivity index (χ0) is 29.0. The summed E-state index contributed by atoms with van der Waals surface area (Å²) in [5.41, 5.74) is 4.06. The van der Waals surface area contributed by atoms with Crippen LogP contribution in [0.5, 0.6) is 0 Å². The SMILES string of the molecule is CCOC(=O)c1c(CC(C)(C)[Si](O)(c2ccccc2)c2ccccc2)cc2c(ncn2C)c1CSc1ccccc1. The van der Waals surface area contributed by atoms with Gasteiger partial charge in [0.1, 0.15) is 0 Å². The maximum atomic E-state index is 13.7. The lowest BCUT2D eigenvalue weighted by Crippen LogP contribution is -2.66. The molecule has 210 valence electrons. The molecule has 0 saturated carbocycles. The Hall–Kier alpha value is -3.65. The summed E-state index contributed by atoms with van der Waals surface area (Å²) in [6.07, 6.45) is 2.28. The van der Waals surface area contributed by atoms with Gasteiger partial charge in [-0.05, 0) is 52.5 Å². The largest absolute Gasteiger partial charge is 0.462 e. The van der Waals surface area contributed by atoms with E-state index in [9.17, 15) is 9.59 Å². The minimum Gasteiger partial charge on any atom is -0.462 e. The molecule has 41 heavy (non-hydrogen) atoms. The summed E-state index contributed by atoms with van der Waals surface area (Å²) in [4.78, 5) is 32.4. The molecule has 0 radical (unpaired) electrons. The van der Waals surface area contributed by atoms with Crippen LogP contribution in [-0.2, 0) is 24.0 Å². The number of hydrogen-bond donors (Lipinski definition) is 1. The fraction of sp³-hybridized carbons (Fsp3) is 0.235. The molecule has 5 aromatic rings. The van der Waals surface area contributed by atoms with Gasteiger partial charge in [-0.25, -0.2) is 9.78 Å². The van der Waals surface area contributed by atoms with E-state index in [1.807, 2.05) is 97.4 Å². The van der Waals surface area contributed by atoms with Crippen molar-refractivity contribution in [3.8, 4) is 0 Å². The molecular formula is C34H36N2O3SSi. The number of fused-ring (bicyclic) bond motifs is 1. The maximum Gasteiger partial charge on any atom is 0.338 e. The number of ether oxygens (including phenoxy) is 1. The van der Waals surface area contributed by atoms with Gasteiger partial charge in [0.25, 0.3) is 8.32 Å². The molecular weight excluding hydrogens is 545 g/mol. The molecule has 7 heteroatoms. The summed E-state index contributed by atoms with van der Waals surface area (Å²) >= 11 is 1.68. The van der Waals surface area contributed by atoms with E-state index >= 15 is 0 Å². The highest BCUT2D eigenvalue weighted by atomic mass is 32.2. The topological polar surface area (TPSA) is 64.3 Å². The zero-order valence-electron chi connectivity index (χ0n) is 24.0. The Labute approximate surface area is 247 Å². The molecule has 0 saturated heterocycles. The monoisotopic (exact) mass is 580 g/mol. The average molecular weight is 581 g/mol. The van der Waals surface area contributed by atoms with Gasteiger partial charge in [-0.2, -0.15) is 0 Å². The molecule has 1 heterocycles. The maximum absolute atomic E-state index is 13.7. The molecule has 0 spiro atoms. The van der Waals surface area contributed by atoms with E-state index in [0.29, 0.717) is 17.7 Å². The number of hydrogen-bond acceptors (Lipinski definition) is 5. The van der Waals surface area contributed by atoms with Gasteiger partial charge in [-0.3, -0.25) is 0 Å². The zero-order valence-corrected chi connectivity index (χ0v) is 25.8. The average Bonchev–Trinajstić information content (AvgIpc) is 3.36. The first-order chi connectivity index (χ1) is 19.8. The Balaban J connectivity index is 1.68. The number of aryl methyl sites for hydroxylation is 1. The fourth-order valence-corrected chi connectivity index (χ4v) is 10.3. The summed E-state index contributed by atoms with van der Waals surface area (Å²) in [5.74, 6) is 0.220.